The number of hydrogen-bond acceptors (Lipinski definition) is 5. The number of nitrogens with zero attached hydrogens (tertiary/aromatic N) is 2. The lowest BCUT2D eigenvalue weighted by molar-refractivity contribution is -0.274. The van der Waals surface area contributed by atoms with E-state index in [2.05, 4.69) is 25.3 Å². The molecule has 3 rings (SSSR count). The van der Waals surface area contributed by atoms with Gasteiger partial charge in [-0.05, 0) is 49.7 Å². The fourth-order valence-corrected chi connectivity index (χ4v) is 2.79. The Bertz CT molecular complexity index is 1080. The Morgan fingerprint density at radius 3 is 2.24 bits per heavy atom. The highest BCUT2D eigenvalue weighted by molar-refractivity contribution is 5.68. The first-order valence-electron chi connectivity index (χ1n) is 9.89. The normalized spacial score (nSPS) is 12.8. The molecule has 1 heterocycles. The highest BCUT2D eigenvalue weighted by Crippen LogP contribution is 2.32. The van der Waals surface area contributed by atoms with Gasteiger partial charge in [-0.15, -0.1) is 13.2 Å². The predicted octanol–water partition coefficient (Wildman–Crippen LogP) is 7.02. The third-order valence-electron chi connectivity index (χ3n) is 4.56. The van der Waals surface area contributed by atoms with E-state index in [9.17, 15) is 26.3 Å². The average Bonchev–Trinajstić information content (AvgIpc) is 2.72. The van der Waals surface area contributed by atoms with Crippen LogP contribution >= 0.6 is 0 Å². The van der Waals surface area contributed by atoms with E-state index < -0.39 is 23.9 Å². The molecule has 1 atom stereocenters. The van der Waals surface area contributed by atoms with E-state index in [1.807, 2.05) is 13.8 Å². The number of benzene rings is 2. The number of nitrogens with one attached hydrogen (secondary N) is 2. The van der Waals surface area contributed by atoms with Gasteiger partial charge in [0.25, 0.3) is 0 Å². The second-order valence-corrected chi connectivity index (χ2v) is 7.19. The number of ether oxygens (including phenoxy) is 1. The molecule has 33 heavy (non-hydrogen) atoms. The second-order valence-electron chi connectivity index (χ2n) is 7.19. The maximum Gasteiger partial charge on any atom is 0.573 e. The Hall–Kier alpha value is -3.50. The first kappa shape index (κ1) is 24.1. The Labute approximate surface area is 185 Å². The number of hydrogen-bond donors (Lipinski definition) is 2. The molecule has 0 saturated heterocycles. The summed E-state index contributed by atoms with van der Waals surface area (Å²) in [5.41, 5.74) is 0.174. The molecule has 0 saturated carbocycles. The van der Waals surface area contributed by atoms with Gasteiger partial charge in [-0.1, -0.05) is 19.1 Å². The van der Waals surface area contributed by atoms with Crippen LogP contribution in [0.1, 0.15) is 25.8 Å². The van der Waals surface area contributed by atoms with Gasteiger partial charge in [0.1, 0.15) is 11.6 Å². The summed E-state index contributed by atoms with van der Waals surface area (Å²) < 4.78 is 80.2. The zero-order chi connectivity index (χ0) is 24.2. The number of alkyl halides is 6. The molecular formula is C22H20F6N4O. The van der Waals surface area contributed by atoms with Crippen LogP contribution in [-0.4, -0.2) is 22.4 Å². The summed E-state index contributed by atoms with van der Waals surface area (Å²) in [6.07, 6.45) is -8.55. The molecule has 11 heteroatoms. The SMILES string of the molecule is CC[C@@H](C)Nc1nc(Nc2ccc(C(F)(F)F)cc2)cc(-c2cccc(OC(F)(F)F)c2)n1. The van der Waals surface area contributed by atoms with Gasteiger partial charge in [0.05, 0.1) is 11.3 Å². The van der Waals surface area contributed by atoms with E-state index in [0.29, 0.717) is 11.3 Å². The summed E-state index contributed by atoms with van der Waals surface area (Å²) in [4.78, 5) is 8.70. The predicted molar refractivity (Wildman–Crippen MR) is 112 cm³/mol. The zero-order valence-corrected chi connectivity index (χ0v) is 17.6. The van der Waals surface area contributed by atoms with Crippen molar-refractivity contribution in [3.8, 4) is 17.0 Å². The molecule has 0 amide bonds. The lowest BCUT2D eigenvalue weighted by Gasteiger charge is -2.15. The number of aromatic nitrogens is 2. The molecule has 0 aliphatic rings. The fraction of sp³-hybridized carbons (Fsp3) is 0.273. The van der Waals surface area contributed by atoms with Crippen LogP contribution in [0.3, 0.4) is 0 Å². The van der Waals surface area contributed by atoms with Crippen LogP contribution in [0.5, 0.6) is 5.75 Å². The van der Waals surface area contributed by atoms with Gasteiger partial charge in [-0.25, -0.2) is 4.98 Å². The van der Waals surface area contributed by atoms with Crippen LogP contribution in [-0.2, 0) is 6.18 Å². The van der Waals surface area contributed by atoms with Crippen molar-refractivity contribution in [1.82, 2.24) is 9.97 Å². The van der Waals surface area contributed by atoms with E-state index in [0.717, 1.165) is 24.6 Å². The van der Waals surface area contributed by atoms with Crippen LogP contribution in [0.25, 0.3) is 11.3 Å². The van der Waals surface area contributed by atoms with Gasteiger partial charge in [0, 0.05) is 23.4 Å². The molecule has 2 aromatic carbocycles. The molecule has 0 spiro atoms. The van der Waals surface area contributed by atoms with Crippen molar-refractivity contribution >= 4 is 17.5 Å². The van der Waals surface area contributed by atoms with Crippen LogP contribution in [0.2, 0.25) is 0 Å². The van der Waals surface area contributed by atoms with Crippen LogP contribution in [0, 0.1) is 0 Å². The maximum absolute atomic E-state index is 12.8. The Morgan fingerprint density at radius 2 is 1.64 bits per heavy atom. The maximum atomic E-state index is 12.8. The molecule has 2 N–H and O–H groups in total. The highest BCUT2D eigenvalue weighted by Gasteiger charge is 2.31. The van der Waals surface area contributed by atoms with Crippen molar-refractivity contribution in [2.75, 3.05) is 10.6 Å². The lowest BCUT2D eigenvalue weighted by Crippen LogP contribution is -2.17. The topological polar surface area (TPSA) is 59.1 Å². The second kappa shape index (κ2) is 9.55. The Morgan fingerprint density at radius 1 is 0.939 bits per heavy atom. The van der Waals surface area contributed by atoms with Crippen molar-refractivity contribution in [3.63, 3.8) is 0 Å². The molecule has 0 radical (unpaired) electrons. The molecule has 3 aromatic rings. The highest BCUT2D eigenvalue weighted by atomic mass is 19.4. The standard InChI is InChI=1S/C22H20F6N4O/c1-3-13(2)29-20-31-18(14-5-4-6-17(11-14)33-22(26,27)28)12-19(32-20)30-16-9-7-15(8-10-16)21(23,24)25/h4-13H,3H2,1-2H3,(H2,29,30,31,32)/t13-/m1/s1. The van der Waals surface area contributed by atoms with E-state index >= 15 is 0 Å². The Kier molecular flexibility index (Phi) is 6.99. The monoisotopic (exact) mass is 470 g/mol. The summed E-state index contributed by atoms with van der Waals surface area (Å²) in [6, 6.07) is 11.1. The van der Waals surface area contributed by atoms with E-state index in [1.165, 1.54) is 30.3 Å². The van der Waals surface area contributed by atoms with Gasteiger partial charge in [0.2, 0.25) is 5.95 Å². The molecule has 1 aromatic heterocycles. The molecule has 0 bridgehead atoms. The van der Waals surface area contributed by atoms with Crippen LogP contribution < -0.4 is 15.4 Å². The number of halogens is 6. The molecular weight excluding hydrogens is 450 g/mol. The molecule has 0 unspecified atom stereocenters. The Balaban J connectivity index is 1.95. The summed E-state index contributed by atoms with van der Waals surface area (Å²) in [5.74, 6) is 0.0402. The van der Waals surface area contributed by atoms with Crippen molar-refractivity contribution in [3.05, 3.63) is 60.2 Å². The molecule has 176 valence electrons. The van der Waals surface area contributed by atoms with Crippen molar-refractivity contribution in [2.45, 2.75) is 38.8 Å². The lowest BCUT2D eigenvalue weighted by atomic mass is 10.1. The first-order valence-corrected chi connectivity index (χ1v) is 9.89. The third kappa shape index (κ3) is 6.99. The molecule has 0 aliphatic heterocycles. The minimum Gasteiger partial charge on any atom is -0.406 e. The van der Waals surface area contributed by atoms with Crippen LogP contribution in [0.4, 0.5) is 43.8 Å². The molecule has 0 aliphatic carbocycles. The minimum absolute atomic E-state index is 0.000865. The number of anilines is 3. The van der Waals surface area contributed by atoms with Gasteiger partial charge in [-0.2, -0.15) is 18.2 Å². The number of rotatable bonds is 7. The van der Waals surface area contributed by atoms with E-state index in [-0.39, 0.29) is 23.5 Å². The summed E-state index contributed by atoms with van der Waals surface area (Å²) in [5, 5.41) is 6.00. The fourth-order valence-electron chi connectivity index (χ4n) is 2.79. The molecule has 5 nitrogen and oxygen atoms in total. The minimum atomic E-state index is -4.84. The largest absolute Gasteiger partial charge is 0.573 e. The summed E-state index contributed by atoms with van der Waals surface area (Å²) in [7, 11) is 0. The van der Waals surface area contributed by atoms with Gasteiger partial charge in [0.15, 0.2) is 0 Å². The van der Waals surface area contributed by atoms with Gasteiger partial charge < -0.3 is 15.4 Å². The van der Waals surface area contributed by atoms with E-state index in [1.54, 1.807) is 6.07 Å². The van der Waals surface area contributed by atoms with Gasteiger partial charge in [-0.3, -0.25) is 0 Å². The first-order chi connectivity index (χ1) is 15.4. The van der Waals surface area contributed by atoms with E-state index in [4.69, 9.17) is 0 Å². The zero-order valence-electron chi connectivity index (χ0n) is 17.6. The van der Waals surface area contributed by atoms with Crippen LogP contribution in [0.15, 0.2) is 54.6 Å². The van der Waals surface area contributed by atoms with Crippen molar-refractivity contribution < 1.29 is 31.1 Å². The summed E-state index contributed by atoms with van der Waals surface area (Å²) >= 11 is 0. The summed E-state index contributed by atoms with van der Waals surface area (Å²) in [6.45, 7) is 3.84. The quantitative estimate of drug-likeness (QED) is 0.364. The molecule has 0 fully saturated rings. The van der Waals surface area contributed by atoms with Crippen molar-refractivity contribution in [1.29, 1.82) is 0 Å². The average molecular weight is 470 g/mol. The van der Waals surface area contributed by atoms with Crippen molar-refractivity contribution in [2.24, 2.45) is 0 Å². The smallest absolute Gasteiger partial charge is 0.406 e. The third-order valence-corrected chi connectivity index (χ3v) is 4.56. The van der Waals surface area contributed by atoms with Gasteiger partial charge >= 0.3 is 12.5 Å².